The van der Waals surface area contributed by atoms with Crippen LogP contribution in [0.25, 0.3) is 79.8 Å². The summed E-state index contributed by atoms with van der Waals surface area (Å²) in [5.41, 5.74) is 15.7. The minimum absolute atomic E-state index is 0.129. The van der Waals surface area contributed by atoms with Crippen LogP contribution in [0.5, 0.6) is 0 Å². The predicted molar refractivity (Wildman–Crippen MR) is 230 cm³/mol. The number of allylic oxidation sites excluding steroid dienone is 3. The first-order chi connectivity index (χ1) is 27.7. The standard InChI is InChI=1S/C49H37N5O3/c1-28-4-10-31(11-5-28)46-36-17-19-38(50-36)47(32-12-6-29(2)7-13-32)40-21-23-42(52-40)49(54-45(57)27-34-26-35(55)16-25-44(34)56)43-24-22-41(53-43)48(39-20-18-37(46)51-39)33-14-8-30(3)9-15-33/h4-26,50,53H,27H2,1-3H3,(H,54,57). The molecule has 9 rings (SSSR count). The van der Waals surface area contributed by atoms with Crippen molar-refractivity contribution in [2.75, 3.05) is 5.32 Å². The number of hydrogen-bond donors (Lipinski definition) is 3. The third kappa shape index (κ3) is 6.89. The van der Waals surface area contributed by atoms with E-state index in [-0.39, 0.29) is 23.6 Å². The minimum atomic E-state index is -0.455. The Morgan fingerprint density at radius 3 is 1.39 bits per heavy atom. The van der Waals surface area contributed by atoms with Gasteiger partial charge in [-0.15, -0.1) is 0 Å². The molecule has 5 heterocycles. The third-order valence-electron chi connectivity index (χ3n) is 10.4. The molecule has 57 heavy (non-hydrogen) atoms. The van der Waals surface area contributed by atoms with Gasteiger partial charge >= 0.3 is 0 Å². The lowest BCUT2D eigenvalue weighted by Crippen LogP contribution is -2.18. The molecular formula is C49H37N5O3. The van der Waals surface area contributed by atoms with Gasteiger partial charge in [-0.1, -0.05) is 89.5 Å². The summed E-state index contributed by atoms with van der Waals surface area (Å²) in [5.74, 6) is -1.15. The Balaban J connectivity index is 1.37. The number of carbonyl (C=O) groups excluding carboxylic acids is 3. The molecular weight excluding hydrogens is 707 g/mol. The van der Waals surface area contributed by atoms with E-state index >= 15 is 0 Å². The molecule has 0 spiro atoms. The molecule has 8 bridgehead atoms. The summed E-state index contributed by atoms with van der Waals surface area (Å²) in [5, 5.41) is 3.06. The Morgan fingerprint density at radius 1 is 0.509 bits per heavy atom. The maximum atomic E-state index is 13.8. The van der Waals surface area contributed by atoms with Gasteiger partial charge in [0.2, 0.25) is 5.91 Å². The molecule has 0 saturated heterocycles. The number of amides is 1. The molecule has 3 aromatic heterocycles. The number of rotatable bonds is 6. The van der Waals surface area contributed by atoms with Crippen LogP contribution in [-0.4, -0.2) is 37.4 Å². The Hall–Kier alpha value is -7.45. The summed E-state index contributed by atoms with van der Waals surface area (Å²) in [6.45, 7) is 6.20. The maximum absolute atomic E-state index is 13.8. The number of fused-ring (bicyclic) bond motifs is 8. The quantitative estimate of drug-likeness (QED) is 0.146. The zero-order valence-electron chi connectivity index (χ0n) is 31.6. The highest BCUT2D eigenvalue weighted by molar-refractivity contribution is 6.19. The topological polar surface area (TPSA) is 121 Å². The van der Waals surface area contributed by atoms with Crippen molar-refractivity contribution < 1.29 is 14.4 Å². The maximum Gasteiger partial charge on any atom is 0.229 e. The number of H-pyrrole nitrogens is 2. The summed E-state index contributed by atoms with van der Waals surface area (Å²) < 4.78 is 0. The molecule has 0 saturated carbocycles. The van der Waals surface area contributed by atoms with Crippen LogP contribution in [0.2, 0.25) is 0 Å². The van der Waals surface area contributed by atoms with Crippen molar-refractivity contribution in [3.63, 3.8) is 0 Å². The van der Waals surface area contributed by atoms with Gasteiger partial charge in [-0.3, -0.25) is 14.4 Å². The SMILES string of the molecule is Cc1ccc(-c2c3nc(c(-c4ccc(C)cc4)c4ccc([nH]4)c(-c4ccc(C)cc4)c4nc(c(NC(=O)CC5=CC(=O)C=CC5=O)c5ccc2[nH]5)C=C4)C=C3)cc1. The third-order valence-corrected chi connectivity index (χ3v) is 10.4. The van der Waals surface area contributed by atoms with Crippen LogP contribution in [-0.2, 0) is 14.4 Å². The van der Waals surface area contributed by atoms with E-state index in [2.05, 4.69) is 127 Å². The molecule has 3 N–H and O–H groups in total. The fourth-order valence-electron chi connectivity index (χ4n) is 7.46. The number of anilines is 1. The van der Waals surface area contributed by atoms with Gasteiger partial charge < -0.3 is 15.3 Å². The Labute approximate surface area is 329 Å². The highest BCUT2D eigenvalue weighted by atomic mass is 16.2. The summed E-state index contributed by atoms with van der Waals surface area (Å²) in [4.78, 5) is 56.3. The van der Waals surface area contributed by atoms with Gasteiger partial charge in [-0.2, -0.15) is 0 Å². The monoisotopic (exact) mass is 743 g/mol. The predicted octanol–water partition coefficient (Wildman–Crippen LogP) is 10.5. The van der Waals surface area contributed by atoms with Gasteiger partial charge in [0.25, 0.3) is 0 Å². The molecule has 6 aromatic rings. The number of carbonyl (C=O) groups is 3. The van der Waals surface area contributed by atoms with Crippen molar-refractivity contribution in [2.45, 2.75) is 27.2 Å². The second-order valence-corrected chi connectivity index (χ2v) is 14.6. The van der Waals surface area contributed by atoms with Crippen molar-refractivity contribution in [3.05, 3.63) is 160 Å². The first kappa shape index (κ1) is 35.3. The second-order valence-electron chi connectivity index (χ2n) is 14.6. The molecule has 276 valence electrons. The van der Waals surface area contributed by atoms with E-state index in [4.69, 9.17) is 9.97 Å². The Morgan fingerprint density at radius 2 is 0.912 bits per heavy atom. The smallest absolute Gasteiger partial charge is 0.229 e. The highest BCUT2D eigenvalue weighted by Gasteiger charge is 2.21. The molecule has 1 amide bonds. The first-order valence-electron chi connectivity index (χ1n) is 18.8. The number of aromatic amines is 2. The van der Waals surface area contributed by atoms with E-state index in [1.165, 1.54) is 23.8 Å². The lowest BCUT2D eigenvalue weighted by atomic mass is 10.0. The molecule has 0 unspecified atom stereocenters. The van der Waals surface area contributed by atoms with E-state index in [1.807, 2.05) is 30.4 Å². The number of aromatic nitrogens is 4. The van der Waals surface area contributed by atoms with Gasteiger partial charge in [0.1, 0.15) is 0 Å². The van der Waals surface area contributed by atoms with E-state index in [0.29, 0.717) is 22.6 Å². The van der Waals surface area contributed by atoms with E-state index in [1.54, 1.807) is 0 Å². The van der Waals surface area contributed by atoms with Gasteiger partial charge in [-0.05, 0) is 104 Å². The molecule has 0 fully saturated rings. The molecule has 0 atom stereocenters. The van der Waals surface area contributed by atoms with Gasteiger partial charge in [-0.25, -0.2) is 9.97 Å². The van der Waals surface area contributed by atoms with Crippen LogP contribution < -0.4 is 5.32 Å². The minimum Gasteiger partial charge on any atom is -0.354 e. The van der Waals surface area contributed by atoms with Gasteiger partial charge in [0, 0.05) is 38.8 Å². The summed E-state index contributed by atoms with van der Waals surface area (Å²) >= 11 is 0. The lowest BCUT2D eigenvalue weighted by Gasteiger charge is -2.10. The van der Waals surface area contributed by atoms with Crippen molar-refractivity contribution in [2.24, 2.45) is 0 Å². The largest absolute Gasteiger partial charge is 0.354 e. The van der Waals surface area contributed by atoms with Crippen molar-refractivity contribution in [1.82, 2.24) is 19.9 Å². The zero-order chi connectivity index (χ0) is 39.2. The van der Waals surface area contributed by atoms with E-state index < -0.39 is 5.91 Å². The van der Waals surface area contributed by atoms with Gasteiger partial charge in [0.05, 0.1) is 40.4 Å². The molecule has 2 aliphatic heterocycles. The molecule has 8 heteroatoms. The number of aryl methyl sites for hydroxylation is 3. The van der Waals surface area contributed by atoms with Crippen molar-refractivity contribution in [1.29, 1.82) is 0 Å². The molecule has 0 radical (unpaired) electrons. The summed E-state index contributed by atoms with van der Waals surface area (Å²) in [6.07, 6.45) is 11.3. The van der Waals surface area contributed by atoms with Crippen LogP contribution in [0.1, 0.15) is 45.9 Å². The number of ketones is 2. The lowest BCUT2D eigenvalue weighted by molar-refractivity contribution is -0.118. The normalized spacial score (nSPS) is 13.3. The number of nitrogens with zero attached hydrogens (tertiary/aromatic N) is 2. The second kappa shape index (κ2) is 14.3. The molecule has 3 aromatic carbocycles. The van der Waals surface area contributed by atoms with Crippen LogP contribution in [0.3, 0.4) is 0 Å². The average molecular weight is 744 g/mol. The van der Waals surface area contributed by atoms with Crippen molar-refractivity contribution >= 4 is 69.5 Å². The summed E-state index contributed by atoms with van der Waals surface area (Å²) in [7, 11) is 0. The molecule has 8 nitrogen and oxygen atoms in total. The van der Waals surface area contributed by atoms with Crippen molar-refractivity contribution in [3.8, 4) is 33.4 Å². The van der Waals surface area contributed by atoms with Crippen LogP contribution >= 0.6 is 0 Å². The Kier molecular flexibility index (Phi) is 8.86. The highest BCUT2D eigenvalue weighted by Crippen LogP contribution is 2.37. The zero-order valence-corrected chi connectivity index (χ0v) is 31.6. The van der Waals surface area contributed by atoms with Crippen LogP contribution in [0, 0.1) is 20.8 Å². The molecule has 3 aliphatic rings. The summed E-state index contributed by atoms with van der Waals surface area (Å²) in [6, 6.07) is 33.2. The number of hydrogen-bond acceptors (Lipinski definition) is 5. The fourth-order valence-corrected chi connectivity index (χ4v) is 7.46. The van der Waals surface area contributed by atoms with Crippen LogP contribution in [0.15, 0.2) is 121 Å². The van der Waals surface area contributed by atoms with Gasteiger partial charge in [0.15, 0.2) is 11.6 Å². The number of benzene rings is 3. The van der Waals surface area contributed by atoms with E-state index in [9.17, 15) is 14.4 Å². The number of nitrogens with one attached hydrogen (secondary N) is 3. The fraction of sp³-hybridized carbons (Fsp3) is 0.0816. The Bertz CT molecular complexity index is 2910. The molecule has 1 aliphatic carbocycles. The van der Waals surface area contributed by atoms with E-state index in [0.717, 1.165) is 72.4 Å². The van der Waals surface area contributed by atoms with Crippen LogP contribution in [0.4, 0.5) is 5.69 Å². The average Bonchev–Trinajstić information content (AvgIpc) is 4.05. The first-order valence-corrected chi connectivity index (χ1v) is 18.8.